The molecule has 0 fully saturated rings. The maximum Gasteiger partial charge on any atom is 0.341 e. The number of anilines is 1. The first-order valence-electron chi connectivity index (χ1n) is 12.6. The molecule has 1 aliphatic carbocycles. The van der Waals surface area contributed by atoms with E-state index in [2.05, 4.69) is 5.32 Å². The van der Waals surface area contributed by atoms with E-state index in [1.807, 2.05) is 48.5 Å². The molecule has 0 radical (unpaired) electrons. The Morgan fingerprint density at radius 1 is 1.15 bits per heavy atom. The number of nitriles is 1. The van der Waals surface area contributed by atoms with Gasteiger partial charge in [-0.1, -0.05) is 41.9 Å². The first kappa shape index (κ1) is 26.4. The van der Waals surface area contributed by atoms with Gasteiger partial charge in [0, 0.05) is 27.2 Å². The minimum Gasteiger partial charge on any atom is -0.462 e. The number of ether oxygens (including phenoxy) is 1. The largest absolute Gasteiger partial charge is 0.462 e. The number of aromatic nitrogens is 2. The van der Waals surface area contributed by atoms with Crippen molar-refractivity contribution < 1.29 is 14.3 Å². The van der Waals surface area contributed by atoms with Gasteiger partial charge in [-0.3, -0.25) is 4.79 Å². The molecule has 0 unspecified atom stereocenters. The molecular formula is C30H25ClN4O3S. The lowest BCUT2D eigenvalue weighted by molar-refractivity contribution is -0.112. The highest BCUT2D eigenvalue weighted by molar-refractivity contribution is 7.17. The summed E-state index contributed by atoms with van der Waals surface area (Å²) in [6.45, 7) is 1.98. The van der Waals surface area contributed by atoms with Crippen molar-refractivity contribution in [2.75, 3.05) is 11.9 Å². The van der Waals surface area contributed by atoms with Gasteiger partial charge in [0.2, 0.25) is 0 Å². The molecule has 1 N–H and O–H groups in total. The van der Waals surface area contributed by atoms with Crippen molar-refractivity contribution in [1.82, 2.24) is 9.78 Å². The van der Waals surface area contributed by atoms with Crippen molar-refractivity contribution in [3.63, 3.8) is 0 Å². The van der Waals surface area contributed by atoms with Crippen LogP contribution in [0.15, 0.2) is 66.4 Å². The van der Waals surface area contributed by atoms with Crippen LogP contribution in [0.1, 0.15) is 46.1 Å². The number of esters is 1. The second-order valence-electron chi connectivity index (χ2n) is 8.98. The first-order chi connectivity index (χ1) is 19.0. The van der Waals surface area contributed by atoms with Crippen LogP contribution < -0.4 is 5.32 Å². The summed E-state index contributed by atoms with van der Waals surface area (Å²) in [5, 5.41) is 18.5. The highest BCUT2D eigenvalue weighted by atomic mass is 35.5. The van der Waals surface area contributed by atoms with E-state index in [1.165, 1.54) is 17.4 Å². The fourth-order valence-electron chi connectivity index (χ4n) is 4.59. The van der Waals surface area contributed by atoms with Crippen LogP contribution >= 0.6 is 22.9 Å². The summed E-state index contributed by atoms with van der Waals surface area (Å²) in [5.74, 6) is -1.06. The van der Waals surface area contributed by atoms with E-state index in [-0.39, 0.29) is 12.2 Å². The molecule has 0 bridgehead atoms. The van der Waals surface area contributed by atoms with Gasteiger partial charge in [0.15, 0.2) is 0 Å². The Balaban J connectivity index is 1.52. The number of amides is 1. The minimum absolute atomic E-state index is 0.112. The van der Waals surface area contributed by atoms with Gasteiger partial charge in [-0.2, -0.15) is 10.4 Å². The normalized spacial score (nSPS) is 12.9. The number of nitrogens with zero attached hydrogens (tertiary/aromatic N) is 3. The van der Waals surface area contributed by atoms with Gasteiger partial charge in [0.1, 0.15) is 16.6 Å². The predicted molar refractivity (Wildman–Crippen MR) is 153 cm³/mol. The van der Waals surface area contributed by atoms with Crippen LogP contribution in [0.3, 0.4) is 0 Å². The molecule has 5 rings (SSSR count). The van der Waals surface area contributed by atoms with Gasteiger partial charge >= 0.3 is 5.97 Å². The number of benzene rings is 2. The number of fused-ring (bicyclic) bond motifs is 1. The summed E-state index contributed by atoms with van der Waals surface area (Å²) in [6.07, 6.45) is 6.92. The number of aryl methyl sites for hydroxylation is 1. The molecule has 4 aromatic rings. The van der Waals surface area contributed by atoms with E-state index in [9.17, 15) is 14.9 Å². The standard InChI is InChI=1S/C30H25ClN4O3S/c1-2-38-30(37)26-24-10-6-7-11-25(24)39-29(26)33-28(36)20(17-32)16-21-18-35(23-8-4-3-5-9-23)34-27(21)19-12-14-22(31)15-13-19/h3-5,8-9,12-16,18H,2,6-7,10-11H2,1H3,(H,33,36). The third kappa shape index (κ3) is 5.65. The molecule has 7 nitrogen and oxygen atoms in total. The number of carbonyl (C=O) groups excluding carboxylic acids is 2. The number of carbonyl (C=O) groups is 2. The summed E-state index contributed by atoms with van der Waals surface area (Å²) >= 11 is 7.48. The predicted octanol–water partition coefficient (Wildman–Crippen LogP) is 6.86. The van der Waals surface area contributed by atoms with E-state index in [1.54, 1.807) is 29.9 Å². The van der Waals surface area contributed by atoms with Crippen molar-refractivity contribution in [3.8, 4) is 23.0 Å². The van der Waals surface area contributed by atoms with Gasteiger partial charge in [-0.15, -0.1) is 11.3 Å². The fraction of sp³-hybridized carbons (Fsp3) is 0.200. The Labute approximate surface area is 235 Å². The zero-order valence-corrected chi connectivity index (χ0v) is 22.8. The van der Waals surface area contributed by atoms with Gasteiger partial charge in [-0.25, -0.2) is 9.48 Å². The minimum atomic E-state index is -0.601. The molecule has 196 valence electrons. The Kier molecular flexibility index (Phi) is 7.92. The van der Waals surface area contributed by atoms with Gasteiger partial charge < -0.3 is 10.1 Å². The van der Waals surface area contributed by atoms with Crippen molar-refractivity contribution in [2.24, 2.45) is 0 Å². The smallest absolute Gasteiger partial charge is 0.341 e. The molecule has 0 spiro atoms. The second-order valence-corrected chi connectivity index (χ2v) is 10.5. The van der Waals surface area contributed by atoms with Crippen LogP contribution in [0.4, 0.5) is 5.00 Å². The molecule has 2 aromatic heterocycles. The van der Waals surface area contributed by atoms with E-state index < -0.39 is 11.9 Å². The number of nitrogens with one attached hydrogen (secondary N) is 1. The third-order valence-electron chi connectivity index (χ3n) is 6.42. The zero-order chi connectivity index (χ0) is 27.4. The average molecular weight is 557 g/mol. The van der Waals surface area contributed by atoms with Crippen LogP contribution in [0.2, 0.25) is 5.02 Å². The zero-order valence-electron chi connectivity index (χ0n) is 21.2. The van der Waals surface area contributed by atoms with Crippen molar-refractivity contribution >= 4 is 45.9 Å². The molecule has 1 amide bonds. The van der Waals surface area contributed by atoms with E-state index in [0.29, 0.717) is 26.8 Å². The summed E-state index contributed by atoms with van der Waals surface area (Å²) in [6, 6.07) is 18.8. The van der Waals surface area contributed by atoms with Crippen molar-refractivity contribution in [3.05, 3.63) is 93.0 Å². The first-order valence-corrected chi connectivity index (χ1v) is 13.8. The number of thiophene rings is 1. The molecule has 0 saturated heterocycles. The number of para-hydroxylation sites is 1. The third-order valence-corrected chi connectivity index (χ3v) is 7.88. The lowest BCUT2D eigenvalue weighted by Gasteiger charge is -2.12. The average Bonchev–Trinajstić information content (AvgIpc) is 3.54. The van der Waals surface area contributed by atoms with Crippen LogP contribution in [-0.4, -0.2) is 28.3 Å². The SMILES string of the molecule is CCOC(=O)c1c(NC(=O)C(C#N)=Cc2cn(-c3ccccc3)nc2-c2ccc(Cl)cc2)sc2c1CCCC2. The Hall–Kier alpha value is -4.19. The lowest BCUT2D eigenvalue weighted by atomic mass is 9.95. The highest BCUT2D eigenvalue weighted by Gasteiger charge is 2.28. The molecule has 39 heavy (non-hydrogen) atoms. The van der Waals surface area contributed by atoms with Crippen LogP contribution in [-0.2, 0) is 22.4 Å². The summed E-state index contributed by atoms with van der Waals surface area (Å²) in [4.78, 5) is 27.3. The lowest BCUT2D eigenvalue weighted by Crippen LogP contribution is -2.16. The van der Waals surface area contributed by atoms with Gasteiger partial charge in [0.05, 0.1) is 23.6 Å². The summed E-state index contributed by atoms with van der Waals surface area (Å²) in [5.41, 5.74) is 4.03. The molecule has 1 aliphatic rings. The van der Waals surface area contributed by atoms with E-state index in [4.69, 9.17) is 21.4 Å². The van der Waals surface area contributed by atoms with Gasteiger partial charge in [-0.05, 0) is 68.5 Å². The molecule has 2 aromatic carbocycles. The molecule has 2 heterocycles. The molecule has 9 heteroatoms. The quantitative estimate of drug-likeness (QED) is 0.152. The van der Waals surface area contributed by atoms with Crippen LogP contribution in [0.25, 0.3) is 23.0 Å². The molecule has 0 aliphatic heterocycles. The van der Waals surface area contributed by atoms with E-state index >= 15 is 0 Å². The van der Waals surface area contributed by atoms with Gasteiger partial charge in [0.25, 0.3) is 5.91 Å². The molecular weight excluding hydrogens is 532 g/mol. The summed E-state index contributed by atoms with van der Waals surface area (Å²) in [7, 11) is 0. The monoisotopic (exact) mass is 556 g/mol. The van der Waals surface area contributed by atoms with Crippen molar-refractivity contribution in [1.29, 1.82) is 5.26 Å². The van der Waals surface area contributed by atoms with Crippen LogP contribution in [0.5, 0.6) is 0 Å². The Morgan fingerprint density at radius 3 is 2.62 bits per heavy atom. The Morgan fingerprint density at radius 2 is 1.90 bits per heavy atom. The maximum atomic E-state index is 13.4. The van der Waals surface area contributed by atoms with Crippen LogP contribution in [0, 0.1) is 11.3 Å². The number of hydrogen-bond acceptors (Lipinski definition) is 6. The number of hydrogen-bond donors (Lipinski definition) is 1. The topological polar surface area (TPSA) is 97.0 Å². The second kappa shape index (κ2) is 11.7. The molecule has 0 atom stereocenters. The fourth-order valence-corrected chi connectivity index (χ4v) is 5.98. The number of rotatable bonds is 7. The highest BCUT2D eigenvalue weighted by Crippen LogP contribution is 2.39. The Bertz CT molecular complexity index is 1600. The molecule has 0 saturated carbocycles. The number of halogens is 1. The maximum absolute atomic E-state index is 13.4. The van der Waals surface area contributed by atoms with Crippen molar-refractivity contribution in [2.45, 2.75) is 32.6 Å². The van der Waals surface area contributed by atoms with E-state index in [0.717, 1.165) is 47.4 Å². The summed E-state index contributed by atoms with van der Waals surface area (Å²) < 4.78 is 6.99.